The highest BCUT2D eigenvalue weighted by molar-refractivity contribution is 6.32. The van der Waals surface area contributed by atoms with E-state index in [0.717, 1.165) is 43.9 Å². The lowest BCUT2D eigenvalue weighted by molar-refractivity contribution is 0.284. The molecule has 0 atom stereocenters. The molecule has 26 heavy (non-hydrogen) atoms. The smallest absolute Gasteiger partial charge is 0.180 e. The summed E-state index contributed by atoms with van der Waals surface area (Å²) in [5, 5.41) is 4.00. The molecule has 0 amide bonds. The first-order valence-corrected chi connectivity index (χ1v) is 9.36. The SMILES string of the molecule is CCN(CC)CCNCc1cc(Cl)c(OCc2cccnc2)c(OC)c1. The molecule has 1 aromatic carbocycles. The van der Waals surface area contributed by atoms with E-state index < -0.39 is 0 Å². The van der Waals surface area contributed by atoms with Gasteiger partial charge in [-0.05, 0) is 36.9 Å². The Kier molecular flexibility index (Phi) is 8.68. The molecule has 5 nitrogen and oxygen atoms in total. The molecule has 6 heteroatoms. The third-order valence-electron chi connectivity index (χ3n) is 4.22. The van der Waals surface area contributed by atoms with E-state index in [2.05, 4.69) is 29.0 Å². The van der Waals surface area contributed by atoms with Gasteiger partial charge < -0.3 is 19.7 Å². The van der Waals surface area contributed by atoms with Crippen LogP contribution in [0.5, 0.6) is 11.5 Å². The van der Waals surface area contributed by atoms with Gasteiger partial charge in [-0.2, -0.15) is 0 Å². The lowest BCUT2D eigenvalue weighted by Crippen LogP contribution is -2.31. The van der Waals surface area contributed by atoms with Crippen molar-refractivity contribution < 1.29 is 9.47 Å². The molecule has 0 bridgehead atoms. The largest absolute Gasteiger partial charge is 0.493 e. The third kappa shape index (κ3) is 6.16. The summed E-state index contributed by atoms with van der Waals surface area (Å²) in [6.45, 7) is 9.59. The van der Waals surface area contributed by atoms with Gasteiger partial charge in [-0.25, -0.2) is 0 Å². The van der Waals surface area contributed by atoms with Crippen molar-refractivity contribution in [2.75, 3.05) is 33.3 Å². The van der Waals surface area contributed by atoms with Crippen LogP contribution in [0.1, 0.15) is 25.0 Å². The summed E-state index contributed by atoms with van der Waals surface area (Å²) in [5.41, 5.74) is 2.05. The summed E-state index contributed by atoms with van der Waals surface area (Å²) in [6, 6.07) is 7.73. The van der Waals surface area contributed by atoms with Crippen LogP contribution >= 0.6 is 11.6 Å². The zero-order valence-corrected chi connectivity index (χ0v) is 16.6. The van der Waals surface area contributed by atoms with E-state index in [0.29, 0.717) is 23.1 Å². The number of likely N-dealkylation sites (N-methyl/N-ethyl adjacent to an activating group) is 1. The Morgan fingerprint density at radius 1 is 1.19 bits per heavy atom. The molecule has 2 aromatic rings. The van der Waals surface area contributed by atoms with Crippen LogP contribution in [-0.4, -0.2) is 43.2 Å². The number of methoxy groups -OCH3 is 1. The molecule has 0 fully saturated rings. The average Bonchev–Trinajstić information content (AvgIpc) is 2.67. The van der Waals surface area contributed by atoms with Crippen LogP contribution in [-0.2, 0) is 13.2 Å². The maximum Gasteiger partial charge on any atom is 0.180 e. The quantitative estimate of drug-likeness (QED) is 0.604. The van der Waals surface area contributed by atoms with E-state index >= 15 is 0 Å². The van der Waals surface area contributed by atoms with Crippen LogP contribution in [0.15, 0.2) is 36.7 Å². The maximum atomic E-state index is 6.43. The van der Waals surface area contributed by atoms with E-state index in [4.69, 9.17) is 21.1 Å². The number of benzene rings is 1. The number of aromatic nitrogens is 1. The van der Waals surface area contributed by atoms with Gasteiger partial charge in [0.2, 0.25) is 0 Å². The van der Waals surface area contributed by atoms with Crippen molar-refractivity contribution in [1.29, 1.82) is 0 Å². The molecule has 142 valence electrons. The minimum absolute atomic E-state index is 0.394. The highest BCUT2D eigenvalue weighted by Crippen LogP contribution is 2.36. The van der Waals surface area contributed by atoms with Gasteiger partial charge in [0.1, 0.15) is 6.61 Å². The average molecular weight is 378 g/mol. The Hall–Kier alpha value is -1.82. The van der Waals surface area contributed by atoms with Gasteiger partial charge in [-0.3, -0.25) is 4.98 Å². The topological polar surface area (TPSA) is 46.6 Å². The van der Waals surface area contributed by atoms with Crippen LogP contribution in [0.4, 0.5) is 0 Å². The van der Waals surface area contributed by atoms with E-state index in [1.807, 2.05) is 24.3 Å². The second kappa shape index (κ2) is 11.0. The number of pyridine rings is 1. The summed E-state index contributed by atoms with van der Waals surface area (Å²) in [5.74, 6) is 1.20. The van der Waals surface area contributed by atoms with Gasteiger partial charge in [-0.15, -0.1) is 0 Å². The lowest BCUT2D eigenvalue weighted by Gasteiger charge is -2.18. The molecular weight excluding hydrogens is 350 g/mol. The molecular formula is C20H28ClN3O2. The fourth-order valence-corrected chi connectivity index (χ4v) is 2.95. The number of nitrogens with zero attached hydrogens (tertiary/aromatic N) is 2. The third-order valence-corrected chi connectivity index (χ3v) is 4.50. The first-order valence-electron chi connectivity index (χ1n) is 8.99. The maximum absolute atomic E-state index is 6.43. The zero-order chi connectivity index (χ0) is 18.8. The fraction of sp³-hybridized carbons (Fsp3) is 0.450. The fourth-order valence-electron chi connectivity index (χ4n) is 2.66. The van der Waals surface area contributed by atoms with Gasteiger partial charge in [0, 0.05) is 37.6 Å². The van der Waals surface area contributed by atoms with Crippen LogP contribution in [0.25, 0.3) is 0 Å². The number of hydrogen-bond donors (Lipinski definition) is 1. The van der Waals surface area contributed by atoms with E-state index in [9.17, 15) is 0 Å². The first kappa shape index (κ1) is 20.5. The number of rotatable bonds is 11. The Morgan fingerprint density at radius 2 is 2.00 bits per heavy atom. The molecule has 0 aliphatic carbocycles. The molecule has 0 radical (unpaired) electrons. The van der Waals surface area contributed by atoms with Crippen LogP contribution in [0, 0.1) is 0 Å². The number of nitrogens with one attached hydrogen (secondary N) is 1. The first-order chi connectivity index (χ1) is 12.7. The molecule has 1 N–H and O–H groups in total. The Bertz CT molecular complexity index is 664. The van der Waals surface area contributed by atoms with Crippen molar-refractivity contribution in [1.82, 2.24) is 15.2 Å². The van der Waals surface area contributed by atoms with Gasteiger partial charge in [0.25, 0.3) is 0 Å². The normalized spacial score (nSPS) is 11.0. The molecule has 0 unspecified atom stereocenters. The van der Waals surface area contributed by atoms with Crippen molar-refractivity contribution in [2.45, 2.75) is 27.0 Å². The Morgan fingerprint density at radius 3 is 2.65 bits per heavy atom. The van der Waals surface area contributed by atoms with E-state index in [1.165, 1.54) is 0 Å². The molecule has 0 aliphatic rings. The van der Waals surface area contributed by atoms with E-state index in [-0.39, 0.29) is 0 Å². The van der Waals surface area contributed by atoms with Gasteiger partial charge in [-0.1, -0.05) is 31.5 Å². The molecule has 0 spiro atoms. The second-order valence-corrected chi connectivity index (χ2v) is 6.37. The van der Waals surface area contributed by atoms with Crippen molar-refractivity contribution in [3.05, 3.63) is 52.8 Å². The lowest BCUT2D eigenvalue weighted by atomic mass is 10.2. The van der Waals surface area contributed by atoms with Crippen LogP contribution in [0.3, 0.4) is 0 Å². The van der Waals surface area contributed by atoms with Crippen molar-refractivity contribution in [3.63, 3.8) is 0 Å². The van der Waals surface area contributed by atoms with Crippen LogP contribution in [0.2, 0.25) is 5.02 Å². The predicted octanol–water partition coefficient (Wildman–Crippen LogP) is 3.75. The van der Waals surface area contributed by atoms with E-state index in [1.54, 1.807) is 19.5 Å². The van der Waals surface area contributed by atoms with Gasteiger partial charge in [0.05, 0.1) is 12.1 Å². The summed E-state index contributed by atoms with van der Waals surface area (Å²) < 4.78 is 11.3. The number of halogens is 1. The molecule has 1 aromatic heterocycles. The Labute approximate surface area is 161 Å². The highest BCUT2D eigenvalue weighted by atomic mass is 35.5. The molecule has 0 aliphatic heterocycles. The second-order valence-electron chi connectivity index (χ2n) is 5.96. The number of ether oxygens (including phenoxy) is 2. The van der Waals surface area contributed by atoms with Gasteiger partial charge in [0.15, 0.2) is 11.5 Å². The van der Waals surface area contributed by atoms with Crippen molar-refractivity contribution in [2.24, 2.45) is 0 Å². The van der Waals surface area contributed by atoms with Crippen molar-refractivity contribution in [3.8, 4) is 11.5 Å². The highest BCUT2D eigenvalue weighted by Gasteiger charge is 2.12. The minimum Gasteiger partial charge on any atom is -0.493 e. The molecule has 0 saturated carbocycles. The summed E-state index contributed by atoms with van der Waals surface area (Å²) in [6.07, 6.45) is 3.51. The standard InChI is InChI=1S/C20H28ClN3O2/c1-4-24(5-2)10-9-23-14-17-11-18(21)20(19(12-17)25-3)26-15-16-7-6-8-22-13-16/h6-8,11-13,23H,4-5,9-10,14-15H2,1-3H3. The van der Waals surface area contributed by atoms with Gasteiger partial charge >= 0.3 is 0 Å². The number of hydrogen-bond acceptors (Lipinski definition) is 5. The zero-order valence-electron chi connectivity index (χ0n) is 15.8. The summed E-state index contributed by atoms with van der Waals surface area (Å²) >= 11 is 6.43. The van der Waals surface area contributed by atoms with Crippen molar-refractivity contribution >= 4 is 11.6 Å². The minimum atomic E-state index is 0.394. The molecule has 0 saturated heterocycles. The molecule has 2 rings (SSSR count). The Balaban J connectivity index is 1.95. The predicted molar refractivity (Wildman–Crippen MR) is 106 cm³/mol. The summed E-state index contributed by atoms with van der Waals surface area (Å²) in [7, 11) is 1.63. The molecule has 1 heterocycles. The van der Waals surface area contributed by atoms with Crippen LogP contribution < -0.4 is 14.8 Å². The summed E-state index contributed by atoms with van der Waals surface area (Å²) in [4.78, 5) is 6.47. The monoisotopic (exact) mass is 377 g/mol.